The van der Waals surface area contributed by atoms with Gasteiger partial charge in [-0.1, -0.05) is 6.08 Å². The fraction of sp³-hybridized carbons (Fsp3) is 0.200. The van der Waals surface area contributed by atoms with E-state index in [-0.39, 0.29) is 11.6 Å². The molecule has 0 spiro atoms. The van der Waals surface area contributed by atoms with Gasteiger partial charge in [0.15, 0.2) is 11.6 Å². The molecule has 0 amide bonds. The monoisotopic (exact) mass is 175 g/mol. The first-order valence-corrected chi connectivity index (χ1v) is 4.10. The highest BCUT2D eigenvalue weighted by atomic mass is 16.1. The second-order valence-electron chi connectivity index (χ2n) is 3.14. The van der Waals surface area contributed by atoms with Gasteiger partial charge in [0.05, 0.1) is 0 Å². The van der Waals surface area contributed by atoms with Crippen molar-refractivity contribution in [2.75, 3.05) is 0 Å². The standard InChI is InChI=1S/C10H9NO2/c1-6-5-8(12)9-7(10(6)13)3-2-4-11-9/h2-5,9,11H,1H3. The molecule has 0 radical (unpaired) electrons. The summed E-state index contributed by atoms with van der Waals surface area (Å²) in [6, 6.07) is -0.457. The van der Waals surface area contributed by atoms with Crippen LogP contribution in [0.5, 0.6) is 0 Å². The first-order chi connectivity index (χ1) is 6.20. The van der Waals surface area contributed by atoms with Crippen molar-refractivity contribution in [3.05, 3.63) is 35.6 Å². The number of carbonyl (C=O) groups excluding carboxylic acids is 2. The van der Waals surface area contributed by atoms with Gasteiger partial charge in [-0.15, -0.1) is 0 Å². The Labute approximate surface area is 75.8 Å². The Bertz CT molecular complexity index is 374. The molecule has 0 saturated carbocycles. The Morgan fingerprint density at radius 1 is 1.38 bits per heavy atom. The van der Waals surface area contributed by atoms with Gasteiger partial charge >= 0.3 is 0 Å². The predicted molar refractivity (Wildman–Crippen MR) is 47.9 cm³/mol. The van der Waals surface area contributed by atoms with Crippen molar-refractivity contribution in [1.82, 2.24) is 5.32 Å². The molecule has 0 aromatic rings. The SMILES string of the molecule is CC1=CC(=O)C2NC=CC=C2C1=O. The summed E-state index contributed by atoms with van der Waals surface area (Å²) in [5.41, 5.74) is 1.07. The lowest BCUT2D eigenvalue weighted by atomic mass is 9.87. The molecule has 3 heteroatoms. The Morgan fingerprint density at radius 3 is 2.92 bits per heavy atom. The first-order valence-electron chi connectivity index (χ1n) is 4.10. The van der Waals surface area contributed by atoms with Crippen LogP contribution in [0.15, 0.2) is 35.6 Å². The van der Waals surface area contributed by atoms with Crippen LogP contribution in [0.4, 0.5) is 0 Å². The lowest BCUT2D eigenvalue weighted by molar-refractivity contribution is -0.120. The lowest BCUT2D eigenvalue weighted by Crippen LogP contribution is -2.41. The summed E-state index contributed by atoms with van der Waals surface area (Å²) < 4.78 is 0. The third-order valence-corrected chi connectivity index (χ3v) is 2.21. The highest BCUT2D eigenvalue weighted by molar-refractivity contribution is 6.21. The molecule has 1 aliphatic heterocycles. The number of nitrogens with one attached hydrogen (secondary N) is 1. The summed E-state index contributed by atoms with van der Waals surface area (Å²) >= 11 is 0. The van der Waals surface area contributed by atoms with E-state index in [0.717, 1.165) is 0 Å². The van der Waals surface area contributed by atoms with E-state index in [4.69, 9.17) is 0 Å². The van der Waals surface area contributed by atoms with Gasteiger partial charge in [-0.2, -0.15) is 0 Å². The second kappa shape index (κ2) is 2.69. The zero-order chi connectivity index (χ0) is 9.42. The minimum absolute atomic E-state index is 0.0403. The third-order valence-electron chi connectivity index (χ3n) is 2.21. The van der Waals surface area contributed by atoms with Gasteiger partial charge in [-0.05, 0) is 25.3 Å². The molecule has 1 N–H and O–H groups in total. The number of ketones is 2. The minimum Gasteiger partial charge on any atom is -0.377 e. The highest BCUT2D eigenvalue weighted by Gasteiger charge is 2.31. The largest absolute Gasteiger partial charge is 0.377 e. The number of carbonyl (C=O) groups is 2. The Balaban J connectivity index is 2.50. The normalized spacial score (nSPS) is 26.1. The van der Waals surface area contributed by atoms with E-state index < -0.39 is 6.04 Å². The number of allylic oxidation sites excluding steroid dienone is 3. The predicted octanol–water partition coefficient (Wildman–Crippen LogP) is 0.496. The molecule has 0 aromatic carbocycles. The number of fused-ring (bicyclic) bond motifs is 1. The molecule has 0 fully saturated rings. The molecule has 1 aliphatic carbocycles. The van der Waals surface area contributed by atoms with E-state index in [1.54, 1.807) is 25.3 Å². The quantitative estimate of drug-likeness (QED) is 0.583. The van der Waals surface area contributed by atoms with Gasteiger partial charge in [0.25, 0.3) is 0 Å². The highest BCUT2D eigenvalue weighted by Crippen LogP contribution is 2.19. The maximum atomic E-state index is 11.5. The molecule has 0 saturated heterocycles. The van der Waals surface area contributed by atoms with Crippen molar-refractivity contribution in [3.63, 3.8) is 0 Å². The third kappa shape index (κ3) is 1.13. The number of dihydropyridines is 1. The van der Waals surface area contributed by atoms with Gasteiger partial charge < -0.3 is 5.32 Å². The molecule has 2 aliphatic rings. The average molecular weight is 175 g/mol. The maximum absolute atomic E-state index is 11.5. The van der Waals surface area contributed by atoms with E-state index in [1.165, 1.54) is 6.08 Å². The average Bonchev–Trinajstić information content (AvgIpc) is 2.15. The van der Waals surface area contributed by atoms with Crippen LogP contribution in [0.25, 0.3) is 0 Å². The van der Waals surface area contributed by atoms with Crippen molar-refractivity contribution in [1.29, 1.82) is 0 Å². The van der Waals surface area contributed by atoms with E-state index in [0.29, 0.717) is 11.1 Å². The van der Waals surface area contributed by atoms with E-state index in [9.17, 15) is 9.59 Å². The molecule has 13 heavy (non-hydrogen) atoms. The molecule has 3 nitrogen and oxygen atoms in total. The van der Waals surface area contributed by atoms with Gasteiger partial charge in [-0.25, -0.2) is 0 Å². The Kier molecular flexibility index (Phi) is 1.65. The molecule has 66 valence electrons. The molecule has 1 unspecified atom stereocenters. The zero-order valence-electron chi connectivity index (χ0n) is 7.20. The van der Waals surface area contributed by atoms with Crippen molar-refractivity contribution in [2.45, 2.75) is 13.0 Å². The second-order valence-corrected chi connectivity index (χ2v) is 3.14. The van der Waals surface area contributed by atoms with Crippen LogP contribution in [0, 0.1) is 0 Å². The minimum atomic E-state index is -0.457. The van der Waals surface area contributed by atoms with Gasteiger partial charge in [-0.3, -0.25) is 9.59 Å². The lowest BCUT2D eigenvalue weighted by Gasteiger charge is -2.23. The number of Topliss-reactive ketones (excluding diaryl/α,β-unsaturated/α-hetero) is 1. The van der Waals surface area contributed by atoms with Crippen LogP contribution in [0.2, 0.25) is 0 Å². The van der Waals surface area contributed by atoms with Gasteiger partial charge in [0, 0.05) is 11.1 Å². The van der Waals surface area contributed by atoms with E-state index >= 15 is 0 Å². The zero-order valence-corrected chi connectivity index (χ0v) is 7.20. The van der Waals surface area contributed by atoms with Crippen LogP contribution in [0.1, 0.15) is 6.92 Å². The fourth-order valence-corrected chi connectivity index (χ4v) is 1.52. The van der Waals surface area contributed by atoms with Crippen molar-refractivity contribution >= 4 is 11.6 Å². The van der Waals surface area contributed by atoms with E-state index in [1.807, 2.05) is 0 Å². The van der Waals surface area contributed by atoms with Crippen molar-refractivity contribution in [2.24, 2.45) is 0 Å². The van der Waals surface area contributed by atoms with Crippen LogP contribution >= 0.6 is 0 Å². The summed E-state index contributed by atoms with van der Waals surface area (Å²) in [5.74, 6) is -0.0887. The maximum Gasteiger partial charge on any atom is 0.187 e. The topological polar surface area (TPSA) is 46.2 Å². The van der Waals surface area contributed by atoms with Crippen LogP contribution in [-0.2, 0) is 9.59 Å². The molecular formula is C10H9NO2. The van der Waals surface area contributed by atoms with Crippen LogP contribution in [-0.4, -0.2) is 17.6 Å². The van der Waals surface area contributed by atoms with Crippen molar-refractivity contribution < 1.29 is 9.59 Å². The molecule has 1 atom stereocenters. The van der Waals surface area contributed by atoms with E-state index in [2.05, 4.69) is 5.32 Å². The summed E-state index contributed by atoms with van der Waals surface area (Å²) in [6.45, 7) is 1.66. The number of hydrogen-bond donors (Lipinski definition) is 1. The first kappa shape index (κ1) is 7.98. The smallest absolute Gasteiger partial charge is 0.187 e. The summed E-state index contributed by atoms with van der Waals surface area (Å²) in [6.07, 6.45) is 6.50. The molecule has 2 rings (SSSR count). The van der Waals surface area contributed by atoms with Crippen LogP contribution < -0.4 is 5.32 Å². The van der Waals surface area contributed by atoms with Gasteiger partial charge in [0.2, 0.25) is 0 Å². The van der Waals surface area contributed by atoms with Crippen molar-refractivity contribution in [3.8, 4) is 0 Å². The molecular weight excluding hydrogens is 166 g/mol. The Hall–Kier alpha value is -1.64. The molecule has 0 aromatic heterocycles. The summed E-state index contributed by atoms with van der Waals surface area (Å²) in [4.78, 5) is 23.0. The number of hydrogen-bond acceptors (Lipinski definition) is 3. The summed E-state index contributed by atoms with van der Waals surface area (Å²) in [7, 11) is 0. The fourth-order valence-electron chi connectivity index (χ4n) is 1.52. The summed E-state index contributed by atoms with van der Waals surface area (Å²) in [5, 5.41) is 2.86. The van der Waals surface area contributed by atoms with Gasteiger partial charge in [0.1, 0.15) is 6.04 Å². The Morgan fingerprint density at radius 2 is 2.15 bits per heavy atom. The molecule has 1 heterocycles. The van der Waals surface area contributed by atoms with Crippen LogP contribution in [0.3, 0.4) is 0 Å². The number of rotatable bonds is 0. The molecule has 0 bridgehead atoms.